The summed E-state index contributed by atoms with van der Waals surface area (Å²) in [5.41, 5.74) is 0.837. The molecule has 1 aliphatic heterocycles. The third-order valence-electron chi connectivity index (χ3n) is 5.41. The van der Waals surface area contributed by atoms with Crippen LogP contribution in [-0.2, 0) is 14.8 Å². The highest BCUT2D eigenvalue weighted by molar-refractivity contribution is 7.89. The van der Waals surface area contributed by atoms with Crippen LogP contribution in [0.4, 0.5) is 0 Å². The van der Waals surface area contributed by atoms with Gasteiger partial charge < -0.3 is 14.8 Å². The Kier molecular flexibility index (Phi) is 6.99. The van der Waals surface area contributed by atoms with E-state index in [9.17, 15) is 13.2 Å². The number of methoxy groups -OCH3 is 2. The molecule has 0 aromatic heterocycles. The van der Waals surface area contributed by atoms with Crippen LogP contribution in [0.15, 0.2) is 53.4 Å². The highest BCUT2D eigenvalue weighted by atomic mass is 32.2. The molecule has 1 N–H and O–H groups in total. The SMILES string of the molecule is CCCNC(=O)C1CN(S(=O)(=O)c2ccc(OC)cc2)CC1c1ccccc1OC. The van der Waals surface area contributed by atoms with Gasteiger partial charge in [-0.2, -0.15) is 4.31 Å². The number of hydrogen-bond donors (Lipinski definition) is 1. The molecule has 1 fully saturated rings. The van der Waals surface area contributed by atoms with Crippen molar-refractivity contribution < 1.29 is 22.7 Å². The zero-order chi connectivity index (χ0) is 21.7. The molecule has 1 aliphatic rings. The van der Waals surface area contributed by atoms with Gasteiger partial charge in [-0.15, -0.1) is 0 Å². The number of nitrogens with zero attached hydrogens (tertiary/aromatic N) is 1. The lowest BCUT2D eigenvalue weighted by atomic mass is 9.87. The number of ether oxygens (including phenoxy) is 2. The molecular weight excluding hydrogens is 404 g/mol. The number of para-hydroxylation sites is 1. The van der Waals surface area contributed by atoms with Crippen molar-refractivity contribution in [2.75, 3.05) is 33.9 Å². The van der Waals surface area contributed by atoms with Gasteiger partial charge in [0, 0.05) is 25.6 Å². The minimum Gasteiger partial charge on any atom is -0.497 e. The van der Waals surface area contributed by atoms with Gasteiger partial charge in [0.05, 0.1) is 25.0 Å². The van der Waals surface area contributed by atoms with Gasteiger partial charge in [0.15, 0.2) is 0 Å². The molecular formula is C22H28N2O5S. The smallest absolute Gasteiger partial charge is 0.243 e. The molecule has 0 bridgehead atoms. The normalized spacial score (nSPS) is 19.4. The van der Waals surface area contributed by atoms with E-state index in [1.54, 1.807) is 19.2 Å². The van der Waals surface area contributed by atoms with Gasteiger partial charge in [0.2, 0.25) is 15.9 Å². The number of rotatable bonds is 8. The summed E-state index contributed by atoms with van der Waals surface area (Å²) in [5.74, 6) is 0.297. The van der Waals surface area contributed by atoms with Crippen LogP contribution in [0.2, 0.25) is 0 Å². The van der Waals surface area contributed by atoms with Crippen LogP contribution in [0.5, 0.6) is 11.5 Å². The molecule has 1 heterocycles. The molecule has 0 aliphatic carbocycles. The van der Waals surface area contributed by atoms with E-state index in [1.807, 2.05) is 31.2 Å². The molecule has 7 nitrogen and oxygen atoms in total. The van der Waals surface area contributed by atoms with Gasteiger partial charge in [-0.3, -0.25) is 4.79 Å². The standard InChI is InChI=1S/C22H28N2O5S/c1-4-13-23-22(25)20-15-24(14-19(20)18-7-5-6-8-21(18)29-3)30(26,27)17-11-9-16(28-2)10-12-17/h5-12,19-20H,4,13-15H2,1-3H3,(H,23,25). The third-order valence-corrected chi connectivity index (χ3v) is 7.25. The van der Waals surface area contributed by atoms with Gasteiger partial charge in [-0.05, 0) is 42.3 Å². The summed E-state index contributed by atoms with van der Waals surface area (Å²) in [6.45, 7) is 2.86. The minimum absolute atomic E-state index is 0.118. The van der Waals surface area contributed by atoms with Crippen molar-refractivity contribution in [3.63, 3.8) is 0 Å². The largest absolute Gasteiger partial charge is 0.497 e. The first-order valence-corrected chi connectivity index (χ1v) is 11.4. The Bertz CT molecular complexity index is 975. The topological polar surface area (TPSA) is 84.9 Å². The summed E-state index contributed by atoms with van der Waals surface area (Å²) in [5, 5.41) is 2.92. The van der Waals surface area contributed by atoms with Crippen molar-refractivity contribution in [1.82, 2.24) is 9.62 Å². The Morgan fingerprint density at radius 3 is 2.40 bits per heavy atom. The zero-order valence-corrected chi connectivity index (χ0v) is 18.3. The summed E-state index contributed by atoms with van der Waals surface area (Å²) < 4.78 is 38.5. The van der Waals surface area contributed by atoms with Crippen LogP contribution in [0.3, 0.4) is 0 Å². The maximum Gasteiger partial charge on any atom is 0.243 e. The van der Waals surface area contributed by atoms with E-state index in [0.717, 1.165) is 12.0 Å². The van der Waals surface area contributed by atoms with Gasteiger partial charge in [-0.25, -0.2) is 8.42 Å². The maximum absolute atomic E-state index is 13.3. The van der Waals surface area contributed by atoms with Crippen molar-refractivity contribution in [3.8, 4) is 11.5 Å². The maximum atomic E-state index is 13.3. The number of sulfonamides is 1. The van der Waals surface area contributed by atoms with E-state index < -0.39 is 15.9 Å². The van der Waals surface area contributed by atoms with Gasteiger partial charge in [0.1, 0.15) is 11.5 Å². The molecule has 2 aromatic rings. The summed E-state index contributed by atoms with van der Waals surface area (Å²) in [6, 6.07) is 13.7. The van der Waals surface area contributed by atoms with Crippen LogP contribution < -0.4 is 14.8 Å². The molecule has 30 heavy (non-hydrogen) atoms. The predicted octanol–water partition coefficient (Wildman–Crippen LogP) is 2.63. The van der Waals surface area contributed by atoms with Crippen LogP contribution in [0, 0.1) is 5.92 Å². The van der Waals surface area contributed by atoms with Crippen molar-refractivity contribution in [1.29, 1.82) is 0 Å². The molecule has 2 unspecified atom stereocenters. The number of benzene rings is 2. The Morgan fingerprint density at radius 1 is 1.07 bits per heavy atom. The Hall–Kier alpha value is -2.58. The Labute approximate surface area is 178 Å². The second-order valence-electron chi connectivity index (χ2n) is 7.24. The minimum atomic E-state index is -3.75. The number of amides is 1. The summed E-state index contributed by atoms with van der Waals surface area (Å²) in [6.07, 6.45) is 0.811. The van der Waals surface area contributed by atoms with Crippen LogP contribution >= 0.6 is 0 Å². The predicted molar refractivity (Wildman–Crippen MR) is 114 cm³/mol. The molecule has 0 saturated carbocycles. The summed E-state index contributed by atoms with van der Waals surface area (Å²) in [4.78, 5) is 13.1. The summed E-state index contributed by atoms with van der Waals surface area (Å²) >= 11 is 0. The number of nitrogens with one attached hydrogen (secondary N) is 1. The molecule has 2 atom stereocenters. The summed E-state index contributed by atoms with van der Waals surface area (Å²) in [7, 11) is -0.650. The van der Waals surface area contributed by atoms with E-state index in [1.165, 1.54) is 23.5 Å². The molecule has 162 valence electrons. The average Bonchev–Trinajstić information content (AvgIpc) is 3.23. The van der Waals surface area contributed by atoms with E-state index >= 15 is 0 Å². The van der Waals surface area contributed by atoms with Crippen LogP contribution in [0.25, 0.3) is 0 Å². The van der Waals surface area contributed by atoms with Crippen LogP contribution in [0.1, 0.15) is 24.8 Å². The zero-order valence-electron chi connectivity index (χ0n) is 17.5. The van der Waals surface area contributed by atoms with Gasteiger partial charge in [0.25, 0.3) is 0 Å². The van der Waals surface area contributed by atoms with E-state index in [2.05, 4.69) is 5.32 Å². The van der Waals surface area contributed by atoms with E-state index in [-0.39, 0.29) is 29.8 Å². The molecule has 0 radical (unpaired) electrons. The lowest BCUT2D eigenvalue weighted by Gasteiger charge is -2.20. The lowest BCUT2D eigenvalue weighted by Crippen LogP contribution is -2.36. The van der Waals surface area contributed by atoms with Crippen molar-refractivity contribution >= 4 is 15.9 Å². The number of carbonyl (C=O) groups excluding carboxylic acids is 1. The fourth-order valence-electron chi connectivity index (χ4n) is 3.79. The van der Waals surface area contributed by atoms with Crippen molar-refractivity contribution in [2.45, 2.75) is 24.2 Å². The Balaban J connectivity index is 1.94. The molecule has 3 rings (SSSR count). The average molecular weight is 433 g/mol. The lowest BCUT2D eigenvalue weighted by molar-refractivity contribution is -0.124. The fourth-order valence-corrected chi connectivity index (χ4v) is 5.29. The van der Waals surface area contributed by atoms with E-state index in [0.29, 0.717) is 18.0 Å². The number of carbonyl (C=O) groups is 1. The molecule has 8 heteroatoms. The van der Waals surface area contributed by atoms with Gasteiger partial charge in [-0.1, -0.05) is 25.1 Å². The quantitative estimate of drug-likeness (QED) is 0.693. The second-order valence-corrected chi connectivity index (χ2v) is 9.18. The third kappa shape index (κ3) is 4.44. The molecule has 1 saturated heterocycles. The van der Waals surface area contributed by atoms with Crippen LogP contribution in [-0.4, -0.2) is 52.5 Å². The first-order valence-electron chi connectivity index (χ1n) is 9.97. The molecule has 0 spiro atoms. The molecule has 2 aromatic carbocycles. The Morgan fingerprint density at radius 2 is 1.77 bits per heavy atom. The monoisotopic (exact) mass is 432 g/mol. The van der Waals surface area contributed by atoms with E-state index in [4.69, 9.17) is 9.47 Å². The first kappa shape index (κ1) is 22.1. The van der Waals surface area contributed by atoms with Crippen molar-refractivity contribution in [2.24, 2.45) is 5.92 Å². The molecule has 1 amide bonds. The first-order chi connectivity index (χ1) is 14.4. The van der Waals surface area contributed by atoms with Crippen molar-refractivity contribution in [3.05, 3.63) is 54.1 Å². The second kappa shape index (κ2) is 9.49. The number of hydrogen-bond acceptors (Lipinski definition) is 5. The highest BCUT2D eigenvalue weighted by Crippen LogP contribution is 2.39. The van der Waals surface area contributed by atoms with Gasteiger partial charge >= 0.3 is 0 Å². The highest BCUT2D eigenvalue weighted by Gasteiger charge is 2.44. The fraction of sp³-hybridized carbons (Fsp3) is 0.409.